The van der Waals surface area contributed by atoms with E-state index in [9.17, 15) is 9.59 Å². The van der Waals surface area contributed by atoms with Crippen molar-refractivity contribution in [2.24, 2.45) is 5.41 Å². The van der Waals surface area contributed by atoms with Crippen LogP contribution in [0, 0.1) is 5.41 Å². The van der Waals surface area contributed by atoms with Gasteiger partial charge in [-0.25, -0.2) is 0 Å². The van der Waals surface area contributed by atoms with Gasteiger partial charge >= 0.3 is 0 Å². The van der Waals surface area contributed by atoms with E-state index in [4.69, 9.17) is 0 Å². The first-order chi connectivity index (χ1) is 11.5. The van der Waals surface area contributed by atoms with E-state index in [0.717, 1.165) is 32.2 Å². The lowest BCUT2D eigenvalue weighted by atomic mass is 9.80. The fourth-order valence-electron chi connectivity index (χ4n) is 3.84. The Balaban J connectivity index is 1.65. The Morgan fingerprint density at radius 2 is 2.08 bits per heavy atom. The first-order valence-electron chi connectivity index (χ1n) is 9.15. The number of nitrogens with one attached hydrogen (secondary N) is 1. The van der Waals surface area contributed by atoms with Crippen LogP contribution >= 0.6 is 0 Å². The number of hydrogen-bond donors (Lipinski definition) is 1. The van der Waals surface area contributed by atoms with Gasteiger partial charge in [-0.3, -0.25) is 14.3 Å². The highest BCUT2D eigenvalue weighted by Gasteiger charge is 2.40. The minimum absolute atomic E-state index is 0.0678. The van der Waals surface area contributed by atoms with Crippen molar-refractivity contribution < 1.29 is 9.59 Å². The molecule has 132 valence electrons. The molecule has 24 heavy (non-hydrogen) atoms. The molecule has 0 spiro atoms. The third-order valence-electron chi connectivity index (χ3n) is 5.41. The molecule has 1 aromatic rings. The van der Waals surface area contributed by atoms with Crippen molar-refractivity contribution in [1.82, 2.24) is 20.0 Å². The monoisotopic (exact) mass is 332 g/mol. The number of aromatic nitrogens is 2. The summed E-state index contributed by atoms with van der Waals surface area (Å²) in [6.45, 7) is 5.90. The van der Waals surface area contributed by atoms with E-state index in [-0.39, 0.29) is 11.8 Å². The lowest BCUT2D eigenvalue weighted by Gasteiger charge is -2.39. The molecule has 1 aliphatic carbocycles. The van der Waals surface area contributed by atoms with Crippen LogP contribution in [-0.4, -0.2) is 45.6 Å². The summed E-state index contributed by atoms with van der Waals surface area (Å²) >= 11 is 0. The predicted octanol–water partition coefficient (Wildman–Crippen LogP) is 2.20. The molecule has 1 atom stereocenters. The minimum atomic E-state index is -0.496. The van der Waals surface area contributed by atoms with Gasteiger partial charge in [0, 0.05) is 31.9 Å². The Kier molecular flexibility index (Phi) is 4.92. The maximum absolute atomic E-state index is 12.8. The van der Waals surface area contributed by atoms with Crippen LogP contribution in [0.2, 0.25) is 0 Å². The minimum Gasteiger partial charge on any atom is -0.353 e. The molecule has 1 aliphatic heterocycles. The molecule has 0 radical (unpaired) electrons. The molecule has 6 heteroatoms. The van der Waals surface area contributed by atoms with E-state index in [0.29, 0.717) is 24.8 Å². The largest absolute Gasteiger partial charge is 0.353 e. The Bertz CT molecular complexity index is 606. The van der Waals surface area contributed by atoms with E-state index in [2.05, 4.69) is 10.4 Å². The van der Waals surface area contributed by atoms with Crippen LogP contribution in [0.15, 0.2) is 12.3 Å². The Labute approximate surface area is 143 Å². The van der Waals surface area contributed by atoms with Crippen molar-refractivity contribution in [1.29, 1.82) is 0 Å². The van der Waals surface area contributed by atoms with Crippen LogP contribution in [0.1, 0.15) is 62.9 Å². The second-order valence-corrected chi connectivity index (χ2v) is 7.40. The van der Waals surface area contributed by atoms with E-state index in [1.807, 2.05) is 20.0 Å². The number of likely N-dealkylation sites (tertiary alicyclic amines) is 1. The highest BCUT2D eigenvalue weighted by Crippen LogP contribution is 2.31. The lowest BCUT2D eigenvalue weighted by Crippen LogP contribution is -2.53. The third kappa shape index (κ3) is 3.47. The maximum Gasteiger partial charge on any atom is 0.274 e. The molecule has 0 aromatic carbocycles. The second-order valence-electron chi connectivity index (χ2n) is 7.40. The molecule has 0 bridgehead atoms. The van der Waals surface area contributed by atoms with Crippen LogP contribution in [0.5, 0.6) is 0 Å². The van der Waals surface area contributed by atoms with Gasteiger partial charge < -0.3 is 10.2 Å². The maximum atomic E-state index is 12.8. The average molecular weight is 332 g/mol. The summed E-state index contributed by atoms with van der Waals surface area (Å²) in [5.41, 5.74) is -0.0265. The summed E-state index contributed by atoms with van der Waals surface area (Å²) in [6, 6.07) is 2.08. The first kappa shape index (κ1) is 17.0. The summed E-state index contributed by atoms with van der Waals surface area (Å²) in [7, 11) is 0. The Morgan fingerprint density at radius 1 is 1.33 bits per heavy atom. The molecule has 2 aliphatic rings. The van der Waals surface area contributed by atoms with Gasteiger partial charge in [0.2, 0.25) is 5.91 Å². The average Bonchev–Trinajstić information content (AvgIpc) is 3.25. The second kappa shape index (κ2) is 6.95. The third-order valence-corrected chi connectivity index (χ3v) is 5.41. The molecular weight excluding hydrogens is 304 g/mol. The zero-order valence-corrected chi connectivity index (χ0v) is 14.8. The topological polar surface area (TPSA) is 67.2 Å². The van der Waals surface area contributed by atoms with Crippen LogP contribution in [0.25, 0.3) is 0 Å². The van der Waals surface area contributed by atoms with Crippen LogP contribution in [0.3, 0.4) is 0 Å². The van der Waals surface area contributed by atoms with E-state index >= 15 is 0 Å². The van der Waals surface area contributed by atoms with Gasteiger partial charge in [0.1, 0.15) is 5.69 Å². The number of piperidine rings is 1. The predicted molar refractivity (Wildman–Crippen MR) is 91.5 cm³/mol. The first-order valence-corrected chi connectivity index (χ1v) is 9.15. The van der Waals surface area contributed by atoms with Gasteiger partial charge in [-0.2, -0.15) is 5.10 Å². The molecule has 2 amide bonds. The fourth-order valence-corrected chi connectivity index (χ4v) is 3.84. The van der Waals surface area contributed by atoms with Gasteiger partial charge in [-0.1, -0.05) is 12.8 Å². The summed E-state index contributed by atoms with van der Waals surface area (Å²) in [5, 5.41) is 7.51. The van der Waals surface area contributed by atoms with Crippen LogP contribution < -0.4 is 5.32 Å². The normalized spacial score (nSPS) is 25.0. The standard InChI is InChI=1S/C18H28N4O2/c1-3-22-12-9-15(20-22)16(23)21-11-6-10-18(2,13-21)17(24)19-14-7-4-5-8-14/h9,12,14H,3-8,10-11,13H2,1-2H3,(H,19,24)/t18-/m1/s1. The molecule has 2 heterocycles. The molecule has 1 saturated carbocycles. The van der Waals surface area contributed by atoms with E-state index < -0.39 is 5.41 Å². The van der Waals surface area contributed by atoms with Crippen molar-refractivity contribution in [2.45, 2.75) is 65.0 Å². The van der Waals surface area contributed by atoms with E-state index in [1.165, 1.54) is 12.8 Å². The van der Waals surface area contributed by atoms with E-state index in [1.54, 1.807) is 15.6 Å². The smallest absolute Gasteiger partial charge is 0.274 e. The van der Waals surface area contributed by atoms with Crippen molar-refractivity contribution >= 4 is 11.8 Å². The van der Waals surface area contributed by atoms with Gasteiger partial charge in [0.25, 0.3) is 5.91 Å². The summed E-state index contributed by atoms with van der Waals surface area (Å²) in [5.74, 6) is 0.0350. The van der Waals surface area contributed by atoms with Crippen LogP contribution in [0.4, 0.5) is 0 Å². The number of amides is 2. The molecule has 0 unspecified atom stereocenters. The number of rotatable bonds is 4. The number of nitrogens with zero attached hydrogens (tertiary/aromatic N) is 3. The number of carbonyl (C=O) groups is 2. The lowest BCUT2D eigenvalue weighted by molar-refractivity contribution is -0.133. The van der Waals surface area contributed by atoms with Gasteiger partial charge in [0.05, 0.1) is 5.41 Å². The van der Waals surface area contributed by atoms with Gasteiger partial charge in [-0.15, -0.1) is 0 Å². The SMILES string of the molecule is CCn1ccc(C(=O)N2CCC[C@@](C)(C(=O)NC3CCCC3)C2)n1. The molecule has 6 nitrogen and oxygen atoms in total. The van der Waals surface area contributed by atoms with Gasteiger partial charge in [0.15, 0.2) is 0 Å². The number of carbonyl (C=O) groups excluding carboxylic acids is 2. The zero-order chi connectivity index (χ0) is 17.2. The summed E-state index contributed by atoms with van der Waals surface area (Å²) in [4.78, 5) is 27.3. The molecule has 1 saturated heterocycles. The quantitative estimate of drug-likeness (QED) is 0.919. The van der Waals surface area contributed by atoms with Crippen molar-refractivity contribution in [2.75, 3.05) is 13.1 Å². The van der Waals surface area contributed by atoms with Crippen molar-refractivity contribution in [3.63, 3.8) is 0 Å². The highest BCUT2D eigenvalue weighted by molar-refractivity contribution is 5.93. The Morgan fingerprint density at radius 3 is 2.75 bits per heavy atom. The van der Waals surface area contributed by atoms with Crippen molar-refractivity contribution in [3.8, 4) is 0 Å². The molecule has 3 rings (SSSR count). The molecule has 1 N–H and O–H groups in total. The van der Waals surface area contributed by atoms with Gasteiger partial charge in [-0.05, 0) is 45.6 Å². The molecule has 2 fully saturated rings. The van der Waals surface area contributed by atoms with Crippen LogP contribution in [-0.2, 0) is 11.3 Å². The zero-order valence-electron chi connectivity index (χ0n) is 14.8. The Hall–Kier alpha value is -1.85. The molecule has 1 aromatic heterocycles. The fraction of sp³-hybridized carbons (Fsp3) is 0.722. The molecular formula is C18H28N4O2. The highest BCUT2D eigenvalue weighted by atomic mass is 16.2. The van der Waals surface area contributed by atoms with Crippen molar-refractivity contribution in [3.05, 3.63) is 18.0 Å². The summed E-state index contributed by atoms with van der Waals surface area (Å²) in [6.07, 6.45) is 8.08. The number of hydrogen-bond acceptors (Lipinski definition) is 3. The summed E-state index contributed by atoms with van der Waals surface area (Å²) < 4.78 is 1.75. The number of aryl methyl sites for hydroxylation is 1.